The van der Waals surface area contributed by atoms with E-state index in [9.17, 15) is 9.59 Å². The Bertz CT molecular complexity index is 1180. The predicted molar refractivity (Wildman–Crippen MR) is 106 cm³/mol. The summed E-state index contributed by atoms with van der Waals surface area (Å²) < 4.78 is 23.9. The summed E-state index contributed by atoms with van der Waals surface area (Å²) in [6.07, 6.45) is -1.18. The number of carbonyl (C=O) groups excluding carboxylic acids is 1. The Kier molecular flexibility index (Phi) is 3.83. The molecule has 6 heteroatoms. The highest BCUT2D eigenvalue weighted by molar-refractivity contribution is 5.85. The Labute approximate surface area is 167 Å². The number of ether oxygens (including phenoxy) is 3. The largest absolute Gasteiger partial charge is 0.464 e. The average molecular weight is 392 g/mol. The molecular weight excluding hydrogens is 372 g/mol. The van der Waals surface area contributed by atoms with Gasteiger partial charge in [0.15, 0.2) is 5.43 Å². The third kappa shape index (κ3) is 2.75. The van der Waals surface area contributed by atoms with Gasteiger partial charge in [0, 0.05) is 18.6 Å². The van der Waals surface area contributed by atoms with Gasteiger partial charge >= 0.3 is 5.97 Å². The van der Waals surface area contributed by atoms with Gasteiger partial charge < -0.3 is 18.6 Å². The smallest absolute Gasteiger partial charge is 0.303 e. The molecule has 29 heavy (non-hydrogen) atoms. The fraction of sp³-hybridized carbons (Fsp3) is 0.304. The summed E-state index contributed by atoms with van der Waals surface area (Å²) in [6, 6.07) is 14.4. The van der Waals surface area contributed by atoms with Gasteiger partial charge in [-0.2, -0.15) is 0 Å². The fourth-order valence-corrected chi connectivity index (χ4v) is 4.30. The predicted octanol–water partition coefficient (Wildman–Crippen LogP) is 4.00. The van der Waals surface area contributed by atoms with Gasteiger partial charge in [0.05, 0.1) is 16.9 Å². The van der Waals surface area contributed by atoms with Crippen molar-refractivity contribution in [3.8, 4) is 17.1 Å². The molecule has 0 aliphatic carbocycles. The van der Waals surface area contributed by atoms with Crippen LogP contribution in [0.3, 0.4) is 0 Å². The molecule has 2 aromatic carbocycles. The summed E-state index contributed by atoms with van der Waals surface area (Å²) in [5.74, 6) is 0.268. The van der Waals surface area contributed by atoms with Gasteiger partial charge in [-0.25, -0.2) is 0 Å². The van der Waals surface area contributed by atoms with E-state index in [0.717, 1.165) is 5.56 Å². The average Bonchev–Trinajstić information content (AvgIpc) is 3.14. The fourth-order valence-electron chi connectivity index (χ4n) is 4.30. The van der Waals surface area contributed by atoms with Crippen molar-refractivity contribution >= 4 is 16.9 Å². The first-order chi connectivity index (χ1) is 13.8. The molecular formula is C23H20O6. The molecule has 0 saturated carbocycles. The van der Waals surface area contributed by atoms with Crippen molar-refractivity contribution in [1.82, 2.24) is 0 Å². The van der Waals surface area contributed by atoms with Crippen LogP contribution in [0.2, 0.25) is 0 Å². The number of benzene rings is 2. The van der Waals surface area contributed by atoms with E-state index in [1.54, 1.807) is 12.1 Å². The van der Waals surface area contributed by atoms with Gasteiger partial charge in [-0.3, -0.25) is 9.59 Å². The van der Waals surface area contributed by atoms with Gasteiger partial charge in [-0.05, 0) is 26.0 Å². The molecule has 1 fully saturated rings. The van der Waals surface area contributed by atoms with Crippen molar-refractivity contribution in [3.05, 3.63) is 64.3 Å². The maximum Gasteiger partial charge on any atom is 0.303 e. The Balaban J connectivity index is 1.74. The van der Waals surface area contributed by atoms with Crippen molar-refractivity contribution in [2.45, 2.75) is 44.7 Å². The van der Waals surface area contributed by atoms with E-state index in [1.807, 2.05) is 44.2 Å². The van der Waals surface area contributed by atoms with Crippen LogP contribution in [0.5, 0.6) is 5.75 Å². The lowest BCUT2D eigenvalue weighted by atomic mass is 9.87. The number of carbonyl (C=O) groups is 1. The highest BCUT2D eigenvalue weighted by Gasteiger charge is 2.58. The van der Waals surface area contributed by atoms with E-state index in [2.05, 4.69) is 0 Å². The Morgan fingerprint density at radius 1 is 1.10 bits per heavy atom. The van der Waals surface area contributed by atoms with Crippen molar-refractivity contribution in [1.29, 1.82) is 0 Å². The summed E-state index contributed by atoms with van der Waals surface area (Å²) in [7, 11) is 0. The molecule has 0 amide bonds. The molecule has 148 valence electrons. The van der Waals surface area contributed by atoms with E-state index < -0.39 is 24.0 Å². The molecule has 2 unspecified atom stereocenters. The van der Waals surface area contributed by atoms with Gasteiger partial charge in [0.2, 0.25) is 6.29 Å². The minimum Gasteiger partial charge on any atom is -0.464 e. The van der Waals surface area contributed by atoms with Crippen molar-refractivity contribution in [2.24, 2.45) is 0 Å². The van der Waals surface area contributed by atoms with E-state index in [0.29, 0.717) is 28.0 Å². The SMILES string of the molecule is CC(=O)OC1C2c3c(ccc4c(=O)cc(-c5ccccc5)oc34)O[C@@H]2OC1(C)C. The monoisotopic (exact) mass is 392 g/mol. The third-order valence-electron chi connectivity index (χ3n) is 5.55. The number of rotatable bonds is 2. The molecule has 0 spiro atoms. The summed E-state index contributed by atoms with van der Waals surface area (Å²) >= 11 is 0. The minimum atomic E-state index is -0.738. The van der Waals surface area contributed by atoms with Crippen LogP contribution in [-0.4, -0.2) is 24.0 Å². The quantitative estimate of drug-likeness (QED) is 0.614. The second-order valence-electron chi connectivity index (χ2n) is 7.96. The van der Waals surface area contributed by atoms with E-state index >= 15 is 0 Å². The number of hydrogen-bond donors (Lipinski definition) is 0. The molecule has 0 bridgehead atoms. The Morgan fingerprint density at radius 3 is 2.59 bits per heavy atom. The number of hydrogen-bond acceptors (Lipinski definition) is 6. The maximum atomic E-state index is 12.8. The number of fused-ring (bicyclic) bond motifs is 5. The molecule has 3 heterocycles. The van der Waals surface area contributed by atoms with Crippen LogP contribution in [0.25, 0.3) is 22.3 Å². The molecule has 6 nitrogen and oxygen atoms in total. The van der Waals surface area contributed by atoms with Gasteiger partial charge in [0.25, 0.3) is 0 Å². The third-order valence-corrected chi connectivity index (χ3v) is 5.55. The maximum absolute atomic E-state index is 12.8. The lowest BCUT2D eigenvalue weighted by Gasteiger charge is -2.27. The van der Waals surface area contributed by atoms with E-state index in [1.165, 1.54) is 13.0 Å². The van der Waals surface area contributed by atoms with Crippen molar-refractivity contribution in [2.75, 3.05) is 0 Å². The van der Waals surface area contributed by atoms with Crippen LogP contribution in [0.1, 0.15) is 32.3 Å². The van der Waals surface area contributed by atoms with Crippen LogP contribution in [0, 0.1) is 0 Å². The lowest BCUT2D eigenvalue weighted by molar-refractivity contribution is -0.159. The molecule has 0 N–H and O–H groups in total. The lowest BCUT2D eigenvalue weighted by Crippen LogP contribution is -2.38. The van der Waals surface area contributed by atoms with Crippen LogP contribution in [0.15, 0.2) is 57.7 Å². The zero-order chi connectivity index (χ0) is 20.3. The second kappa shape index (κ2) is 6.19. The molecule has 3 aromatic rings. The van der Waals surface area contributed by atoms with Gasteiger partial charge in [-0.15, -0.1) is 0 Å². The normalized spacial score (nSPS) is 24.0. The minimum absolute atomic E-state index is 0.140. The van der Waals surface area contributed by atoms with Gasteiger partial charge in [-0.1, -0.05) is 30.3 Å². The molecule has 1 saturated heterocycles. The van der Waals surface area contributed by atoms with E-state index in [-0.39, 0.29) is 11.3 Å². The van der Waals surface area contributed by atoms with Crippen molar-refractivity contribution < 1.29 is 23.4 Å². The highest BCUT2D eigenvalue weighted by atomic mass is 16.7. The summed E-state index contributed by atoms with van der Waals surface area (Å²) in [5.41, 5.74) is 1.08. The Hall–Kier alpha value is -3.12. The molecule has 5 rings (SSSR count). The van der Waals surface area contributed by atoms with E-state index in [4.69, 9.17) is 18.6 Å². The second-order valence-corrected chi connectivity index (χ2v) is 7.96. The zero-order valence-corrected chi connectivity index (χ0v) is 16.3. The summed E-state index contributed by atoms with van der Waals surface area (Å²) in [5, 5.41) is 0.457. The van der Waals surface area contributed by atoms with Crippen LogP contribution >= 0.6 is 0 Å². The molecule has 3 atom stereocenters. The van der Waals surface area contributed by atoms with Gasteiger partial charge in [0.1, 0.15) is 28.8 Å². The highest BCUT2D eigenvalue weighted by Crippen LogP contribution is 2.53. The summed E-state index contributed by atoms with van der Waals surface area (Å²) in [6.45, 7) is 5.09. The molecule has 0 radical (unpaired) electrons. The Morgan fingerprint density at radius 2 is 1.86 bits per heavy atom. The molecule has 2 aliphatic rings. The molecule has 2 aliphatic heterocycles. The molecule has 1 aromatic heterocycles. The zero-order valence-electron chi connectivity index (χ0n) is 16.3. The first kappa shape index (κ1) is 17.9. The first-order valence-corrected chi connectivity index (χ1v) is 9.53. The topological polar surface area (TPSA) is 75.0 Å². The van der Waals surface area contributed by atoms with Crippen LogP contribution in [-0.2, 0) is 14.3 Å². The van der Waals surface area contributed by atoms with Crippen LogP contribution in [0.4, 0.5) is 0 Å². The standard InChI is InChI=1S/C23H20O6/c1-12(24)26-21-19-18-16(28-22(19)29-23(21,2)3)10-9-14-15(25)11-17(27-20(14)18)13-7-5-4-6-8-13/h4-11,19,21-22H,1-3H3/t19?,21?,22-/m1/s1. The summed E-state index contributed by atoms with van der Waals surface area (Å²) in [4.78, 5) is 24.6. The van der Waals surface area contributed by atoms with Crippen LogP contribution < -0.4 is 10.2 Å². The number of esters is 1. The first-order valence-electron chi connectivity index (χ1n) is 9.53. The van der Waals surface area contributed by atoms with Crippen molar-refractivity contribution in [3.63, 3.8) is 0 Å².